The van der Waals surface area contributed by atoms with E-state index in [1.807, 2.05) is 12.1 Å². The van der Waals surface area contributed by atoms with Gasteiger partial charge in [0, 0.05) is 11.9 Å². The highest BCUT2D eigenvalue weighted by Gasteiger charge is 2.21. The lowest BCUT2D eigenvalue weighted by Gasteiger charge is -2.25. The molecule has 2 heterocycles. The number of benzene rings is 1. The van der Waals surface area contributed by atoms with Gasteiger partial charge in [0.15, 0.2) is 0 Å². The molecule has 3 rings (SSSR count). The number of pyridine rings is 1. The molecule has 4 nitrogen and oxygen atoms in total. The maximum Gasteiger partial charge on any atom is 0.338 e. The molecule has 1 aliphatic heterocycles. The Morgan fingerprint density at radius 3 is 3.05 bits per heavy atom. The first kappa shape index (κ1) is 14.1. The van der Waals surface area contributed by atoms with Gasteiger partial charge in [0.05, 0.1) is 18.3 Å². The number of carboxylic acid groups (broad SMARTS) is 1. The second-order valence-corrected chi connectivity index (χ2v) is 5.79. The Bertz CT molecular complexity index is 659. The lowest BCUT2D eigenvalue weighted by atomic mass is 9.99. The van der Waals surface area contributed by atoms with Crippen LogP contribution >= 0.6 is 11.8 Å². The van der Waals surface area contributed by atoms with Crippen LogP contribution in [0.2, 0.25) is 0 Å². The number of ether oxygens (including phenoxy) is 1. The Balaban J connectivity index is 1.76. The molecule has 0 fully saturated rings. The Kier molecular flexibility index (Phi) is 4.22. The molecule has 21 heavy (non-hydrogen) atoms. The number of hydrogen-bond donors (Lipinski definition) is 1. The zero-order valence-electron chi connectivity index (χ0n) is 11.4. The largest absolute Gasteiger partial charge is 0.478 e. The molecule has 0 saturated heterocycles. The predicted molar refractivity (Wildman–Crippen MR) is 80.8 cm³/mol. The van der Waals surface area contributed by atoms with Crippen molar-refractivity contribution in [2.75, 3.05) is 12.4 Å². The Morgan fingerprint density at radius 2 is 2.19 bits per heavy atom. The Morgan fingerprint density at radius 1 is 1.33 bits per heavy atom. The highest BCUT2D eigenvalue weighted by molar-refractivity contribution is 7.99. The number of thioether (sulfide) groups is 1. The number of aromatic nitrogens is 1. The zero-order valence-corrected chi connectivity index (χ0v) is 12.2. The summed E-state index contributed by atoms with van der Waals surface area (Å²) in [5.74, 6) is -0.288. The van der Waals surface area contributed by atoms with Gasteiger partial charge in [0.2, 0.25) is 0 Å². The first-order chi connectivity index (χ1) is 10.3. The highest BCUT2D eigenvalue weighted by Crippen LogP contribution is 2.32. The van der Waals surface area contributed by atoms with Crippen molar-refractivity contribution >= 4 is 17.7 Å². The molecule has 2 aromatic rings. The van der Waals surface area contributed by atoms with E-state index in [1.54, 1.807) is 18.3 Å². The van der Waals surface area contributed by atoms with Gasteiger partial charge in [-0.05, 0) is 29.7 Å². The van der Waals surface area contributed by atoms with E-state index in [2.05, 4.69) is 17.1 Å². The molecule has 0 radical (unpaired) electrons. The summed E-state index contributed by atoms with van der Waals surface area (Å²) in [5, 5.41) is 9.71. The smallest absolute Gasteiger partial charge is 0.338 e. The van der Waals surface area contributed by atoms with Gasteiger partial charge in [-0.3, -0.25) is 0 Å². The van der Waals surface area contributed by atoms with Crippen LogP contribution in [-0.2, 0) is 11.2 Å². The topological polar surface area (TPSA) is 59.4 Å². The first-order valence-corrected chi connectivity index (χ1v) is 7.75. The first-order valence-electron chi connectivity index (χ1n) is 6.76. The minimum absolute atomic E-state index is 0.0106. The summed E-state index contributed by atoms with van der Waals surface area (Å²) in [7, 11) is 0. The predicted octanol–water partition coefficient (Wildman–Crippen LogP) is 3.19. The molecule has 0 spiro atoms. The molecule has 108 valence electrons. The van der Waals surface area contributed by atoms with E-state index < -0.39 is 5.97 Å². The fourth-order valence-corrected chi connectivity index (χ4v) is 3.47. The van der Waals surface area contributed by atoms with Crippen LogP contribution in [-0.4, -0.2) is 28.4 Å². The van der Waals surface area contributed by atoms with E-state index in [9.17, 15) is 9.90 Å². The Hall–Kier alpha value is -1.85. The second-order valence-electron chi connectivity index (χ2n) is 4.78. The molecular formula is C16H15NO3S. The normalized spacial score (nSPS) is 17.2. The van der Waals surface area contributed by atoms with Crippen molar-refractivity contribution in [3.8, 4) is 0 Å². The summed E-state index contributed by atoms with van der Waals surface area (Å²) >= 11 is 1.43. The molecule has 1 atom stereocenters. The summed E-state index contributed by atoms with van der Waals surface area (Å²) in [6.45, 7) is 0.705. The quantitative estimate of drug-likeness (QED) is 0.879. The van der Waals surface area contributed by atoms with Crippen molar-refractivity contribution < 1.29 is 14.6 Å². The Labute approximate surface area is 127 Å². The van der Waals surface area contributed by atoms with E-state index in [1.165, 1.54) is 22.9 Å². The second kappa shape index (κ2) is 6.28. The van der Waals surface area contributed by atoms with Crippen molar-refractivity contribution in [2.45, 2.75) is 17.6 Å². The van der Waals surface area contributed by atoms with Crippen LogP contribution in [0.5, 0.6) is 0 Å². The van der Waals surface area contributed by atoms with Gasteiger partial charge >= 0.3 is 5.97 Å². The molecule has 1 aromatic heterocycles. The van der Waals surface area contributed by atoms with Crippen molar-refractivity contribution in [2.24, 2.45) is 0 Å². The number of aromatic carboxylic acids is 1. The fourth-order valence-electron chi connectivity index (χ4n) is 2.44. The number of rotatable bonds is 4. The SMILES string of the molecule is O=C(O)c1cccnc1SCC1OCCc2ccccc21. The van der Waals surface area contributed by atoms with Crippen molar-refractivity contribution in [1.82, 2.24) is 4.98 Å². The van der Waals surface area contributed by atoms with E-state index in [0.717, 1.165) is 6.42 Å². The number of carbonyl (C=O) groups is 1. The van der Waals surface area contributed by atoms with Gasteiger partial charge in [-0.1, -0.05) is 24.3 Å². The lowest BCUT2D eigenvalue weighted by molar-refractivity contribution is 0.0587. The van der Waals surface area contributed by atoms with Crippen LogP contribution in [0.1, 0.15) is 27.6 Å². The molecule has 1 aromatic carbocycles. The minimum Gasteiger partial charge on any atom is -0.478 e. The molecule has 1 unspecified atom stereocenters. The zero-order chi connectivity index (χ0) is 14.7. The molecule has 5 heteroatoms. The summed E-state index contributed by atoms with van der Waals surface area (Å²) in [5.41, 5.74) is 2.75. The molecule has 1 N–H and O–H groups in total. The number of carboxylic acids is 1. The fraction of sp³-hybridized carbons (Fsp3) is 0.250. The van der Waals surface area contributed by atoms with Gasteiger partial charge < -0.3 is 9.84 Å². The molecule has 1 aliphatic rings. The number of fused-ring (bicyclic) bond motifs is 1. The van der Waals surface area contributed by atoms with Gasteiger partial charge in [0.25, 0.3) is 0 Å². The molecule has 0 amide bonds. The molecule has 0 bridgehead atoms. The van der Waals surface area contributed by atoms with Crippen molar-refractivity contribution in [1.29, 1.82) is 0 Å². The van der Waals surface area contributed by atoms with Crippen molar-refractivity contribution in [3.63, 3.8) is 0 Å². The third-order valence-corrected chi connectivity index (χ3v) is 4.53. The average Bonchev–Trinajstić information content (AvgIpc) is 2.53. The van der Waals surface area contributed by atoms with Gasteiger partial charge in [-0.25, -0.2) is 9.78 Å². The van der Waals surface area contributed by atoms with Gasteiger partial charge in [-0.2, -0.15) is 0 Å². The van der Waals surface area contributed by atoms with Crippen LogP contribution in [0.15, 0.2) is 47.6 Å². The minimum atomic E-state index is -0.949. The van der Waals surface area contributed by atoms with Crippen LogP contribution in [0.4, 0.5) is 0 Å². The molecular weight excluding hydrogens is 286 g/mol. The maximum absolute atomic E-state index is 11.2. The maximum atomic E-state index is 11.2. The highest BCUT2D eigenvalue weighted by atomic mass is 32.2. The summed E-state index contributed by atoms with van der Waals surface area (Å²) in [6, 6.07) is 11.5. The summed E-state index contributed by atoms with van der Waals surface area (Å²) in [6.07, 6.45) is 2.54. The van der Waals surface area contributed by atoms with Gasteiger partial charge in [-0.15, -0.1) is 11.8 Å². The third kappa shape index (κ3) is 3.09. The summed E-state index contributed by atoms with van der Waals surface area (Å²) in [4.78, 5) is 15.4. The monoisotopic (exact) mass is 301 g/mol. The standard InChI is InChI=1S/C16H15NO3S/c18-16(19)13-6-3-8-17-15(13)21-10-14-12-5-2-1-4-11(12)7-9-20-14/h1-6,8,14H,7,9-10H2,(H,18,19). The average molecular weight is 301 g/mol. The summed E-state index contributed by atoms with van der Waals surface area (Å²) < 4.78 is 5.83. The van der Waals surface area contributed by atoms with E-state index >= 15 is 0 Å². The van der Waals surface area contributed by atoms with E-state index in [0.29, 0.717) is 17.4 Å². The van der Waals surface area contributed by atoms with E-state index in [4.69, 9.17) is 4.74 Å². The lowest BCUT2D eigenvalue weighted by Crippen LogP contribution is -2.18. The number of hydrogen-bond acceptors (Lipinski definition) is 4. The van der Waals surface area contributed by atoms with Gasteiger partial charge in [0.1, 0.15) is 5.03 Å². The van der Waals surface area contributed by atoms with Crippen LogP contribution < -0.4 is 0 Å². The van der Waals surface area contributed by atoms with Crippen LogP contribution in [0.3, 0.4) is 0 Å². The molecule has 0 saturated carbocycles. The third-order valence-electron chi connectivity index (χ3n) is 3.47. The van der Waals surface area contributed by atoms with Crippen LogP contribution in [0, 0.1) is 0 Å². The molecule has 0 aliphatic carbocycles. The van der Waals surface area contributed by atoms with E-state index in [-0.39, 0.29) is 11.7 Å². The van der Waals surface area contributed by atoms with Crippen molar-refractivity contribution in [3.05, 3.63) is 59.3 Å². The van der Waals surface area contributed by atoms with Crippen LogP contribution in [0.25, 0.3) is 0 Å². The number of nitrogens with zero attached hydrogens (tertiary/aromatic N) is 1.